The van der Waals surface area contributed by atoms with Crippen molar-refractivity contribution in [1.82, 2.24) is 5.32 Å². The average molecular weight is 541 g/mol. The van der Waals surface area contributed by atoms with Crippen LogP contribution >= 0.6 is 22.6 Å². The Kier molecular flexibility index (Phi) is 7.62. The van der Waals surface area contributed by atoms with Gasteiger partial charge in [0.2, 0.25) is 15.9 Å². The quantitative estimate of drug-likeness (QED) is 0.540. The van der Waals surface area contributed by atoms with E-state index in [0.29, 0.717) is 5.69 Å². The van der Waals surface area contributed by atoms with Crippen LogP contribution in [0.4, 0.5) is 11.4 Å². The van der Waals surface area contributed by atoms with Crippen LogP contribution in [-0.4, -0.2) is 40.2 Å². The Hall–Kier alpha value is -1.81. The van der Waals surface area contributed by atoms with E-state index in [2.05, 4.69) is 44.9 Å². The zero-order valence-electron chi connectivity index (χ0n) is 17.3. The Morgan fingerprint density at radius 1 is 1.07 bits per heavy atom. The van der Waals surface area contributed by atoms with Crippen LogP contribution in [0.2, 0.25) is 0 Å². The van der Waals surface area contributed by atoms with Crippen molar-refractivity contribution in [2.45, 2.75) is 32.2 Å². The first-order chi connectivity index (χ1) is 14.2. The minimum atomic E-state index is -3.58. The number of nitrogens with one attached hydrogen (secondary N) is 1. The number of carbonyl (C=O) groups is 1. The summed E-state index contributed by atoms with van der Waals surface area (Å²) in [4.78, 5) is 15.0. The molecule has 0 aromatic heterocycles. The molecule has 1 atom stereocenters. The van der Waals surface area contributed by atoms with Crippen molar-refractivity contribution < 1.29 is 13.2 Å². The van der Waals surface area contributed by atoms with Gasteiger partial charge < -0.3 is 10.2 Å². The number of hydrogen-bond acceptors (Lipinski definition) is 4. The summed E-state index contributed by atoms with van der Waals surface area (Å²) >= 11 is 2.15. The summed E-state index contributed by atoms with van der Waals surface area (Å²) in [6.07, 6.45) is 4.86. The standard InChI is InChI=1S/C22H28IN3O3S/c1-17(18-6-10-20(11-7-18)25-14-4-3-5-15-25)24-22(27)16-26(30(2,28)29)21-12-8-19(23)9-13-21/h6-13,17H,3-5,14-16H2,1-2H3,(H,24,27). The van der Waals surface area contributed by atoms with Crippen LogP contribution in [0.15, 0.2) is 48.5 Å². The summed E-state index contributed by atoms with van der Waals surface area (Å²) in [5, 5.41) is 2.92. The van der Waals surface area contributed by atoms with E-state index in [-0.39, 0.29) is 18.5 Å². The molecule has 2 aromatic carbocycles. The fourth-order valence-corrected chi connectivity index (χ4v) is 4.85. The molecule has 0 saturated carbocycles. The number of carbonyl (C=O) groups excluding carboxylic acids is 1. The van der Waals surface area contributed by atoms with Crippen LogP contribution in [0.1, 0.15) is 37.8 Å². The number of amides is 1. The molecule has 162 valence electrons. The van der Waals surface area contributed by atoms with Gasteiger partial charge in [-0.05, 0) is 90.7 Å². The zero-order chi connectivity index (χ0) is 21.7. The van der Waals surface area contributed by atoms with Crippen molar-refractivity contribution in [3.05, 3.63) is 57.7 Å². The summed E-state index contributed by atoms with van der Waals surface area (Å²) in [6, 6.07) is 15.1. The molecule has 1 aliphatic heterocycles. The Morgan fingerprint density at radius 2 is 1.67 bits per heavy atom. The Labute approximate surface area is 192 Å². The summed E-state index contributed by atoms with van der Waals surface area (Å²) in [5.41, 5.74) is 2.68. The maximum atomic E-state index is 12.6. The first-order valence-corrected chi connectivity index (χ1v) is 13.0. The summed E-state index contributed by atoms with van der Waals surface area (Å²) in [6.45, 7) is 3.83. The fourth-order valence-electron chi connectivity index (χ4n) is 3.63. The highest BCUT2D eigenvalue weighted by molar-refractivity contribution is 14.1. The maximum absolute atomic E-state index is 12.6. The predicted octanol–water partition coefficient (Wildman–Crippen LogP) is 3.92. The van der Waals surface area contributed by atoms with E-state index in [1.165, 1.54) is 24.9 Å². The molecule has 0 radical (unpaired) electrons. The number of hydrogen-bond donors (Lipinski definition) is 1. The summed E-state index contributed by atoms with van der Waals surface area (Å²) < 4.78 is 26.6. The topological polar surface area (TPSA) is 69.7 Å². The van der Waals surface area contributed by atoms with E-state index in [1.807, 2.05) is 31.2 Å². The van der Waals surface area contributed by atoms with Gasteiger partial charge in [0, 0.05) is 22.3 Å². The SMILES string of the molecule is CC(NC(=O)CN(c1ccc(I)cc1)S(C)(=O)=O)c1ccc(N2CCCCC2)cc1. The van der Waals surface area contributed by atoms with E-state index < -0.39 is 10.0 Å². The molecule has 0 aliphatic carbocycles. The van der Waals surface area contributed by atoms with Crippen LogP contribution < -0.4 is 14.5 Å². The first-order valence-electron chi connectivity index (χ1n) is 10.1. The molecule has 2 aromatic rings. The van der Waals surface area contributed by atoms with E-state index in [0.717, 1.165) is 32.8 Å². The molecule has 6 nitrogen and oxygen atoms in total. The van der Waals surface area contributed by atoms with Crippen LogP contribution in [0.5, 0.6) is 0 Å². The number of rotatable bonds is 7. The van der Waals surface area contributed by atoms with Crippen molar-refractivity contribution in [2.24, 2.45) is 0 Å². The zero-order valence-corrected chi connectivity index (χ0v) is 20.3. The van der Waals surface area contributed by atoms with Crippen molar-refractivity contribution in [1.29, 1.82) is 0 Å². The molecule has 1 N–H and O–H groups in total. The van der Waals surface area contributed by atoms with Crippen LogP contribution in [0, 0.1) is 3.57 Å². The lowest BCUT2D eigenvalue weighted by Gasteiger charge is -2.29. The van der Waals surface area contributed by atoms with Crippen LogP contribution in [0.3, 0.4) is 0 Å². The smallest absolute Gasteiger partial charge is 0.241 e. The van der Waals surface area contributed by atoms with E-state index in [1.54, 1.807) is 12.1 Å². The molecular weight excluding hydrogens is 513 g/mol. The third kappa shape index (κ3) is 6.10. The molecule has 1 fully saturated rings. The molecule has 3 rings (SSSR count). The number of anilines is 2. The number of benzene rings is 2. The number of piperidine rings is 1. The Bertz CT molecular complexity index is 956. The molecule has 1 unspecified atom stereocenters. The molecule has 1 aliphatic rings. The van der Waals surface area contributed by atoms with Gasteiger partial charge in [0.05, 0.1) is 18.0 Å². The van der Waals surface area contributed by atoms with E-state index >= 15 is 0 Å². The van der Waals surface area contributed by atoms with Gasteiger partial charge >= 0.3 is 0 Å². The Balaban J connectivity index is 1.64. The van der Waals surface area contributed by atoms with E-state index in [4.69, 9.17) is 0 Å². The number of halogens is 1. The molecule has 1 heterocycles. The van der Waals surface area contributed by atoms with Crippen molar-refractivity contribution >= 4 is 49.9 Å². The monoisotopic (exact) mass is 541 g/mol. The lowest BCUT2D eigenvalue weighted by atomic mass is 10.1. The van der Waals surface area contributed by atoms with Gasteiger partial charge in [-0.2, -0.15) is 0 Å². The normalized spacial score (nSPS) is 15.5. The molecule has 0 bridgehead atoms. The van der Waals surface area contributed by atoms with Gasteiger partial charge in [0.15, 0.2) is 0 Å². The average Bonchev–Trinajstić information content (AvgIpc) is 2.73. The lowest BCUT2D eigenvalue weighted by molar-refractivity contribution is -0.120. The molecule has 1 saturated heterocycles. The highest BCUT2D eigenvalue weighted by atomic mass is 127. The largest absolute Gasteiger partial charge is 0.372 e. The molecule has 30 heavy (non-hydrogen) atoms. The summed E-state index contributed by atoms with van der Waals surface area (Å²) in [5.74, 6) is -0.341. The van der Waals surface area contributed by atoms with Gasteiger partial charge in [-0.25, -0.2) is 8.42 Å². The summed E-state index contributed by atoms with van der Waals surface area (Å²) in [7, 11) is -3.58. The first kappa shape index (κ1) is 22.9. The number of sulfonamides is 1. The third-order valence-electron chi connectivity index (χ3n) is 5.29. The minimum absolute atomic E-state index is 0.217. The third-order valence-corrected chi connectivity index (χ3v) is 7.15. The van der Waals surface area contributed by atoms with E-state index in [9.17, 15) is 13.2 Å². The van der Waals surface area contributed by atoms with Gasteiger partial charge in [-0.15, -0.1) is 0 Å². The molecule has 0 spiro atoms. The Morgan fingerprint density at radius 3 is 2.23 bits per heavy atom. The van der Waals surface area contributed by atoms with Crippen molar-refractivity contribution in [2.75, 3.05) is 35.1 Å². The highest BCUT2D eigenvalue weighted by Crippen LogP contribution is 2.23. The second-order valence-electron chi connectivity index (χ2n) is 7.67. The van der Waals surface area contributed by atoms with Crippen molar-refractivity contribution in [3.63, 3.8) is 0 Å². The lowest BCUT2D eigenvalue weighted by Crippen LogP contribution is -2.41. The molecule has 8 heteroatoms. The van der Waals surface area contributed by atoms with Crippen LogP contribution in [-0.2, 0) is 14.8 Å². The second kappa shape index (κ2) is 10.00. The number of nitrogens with zero attached hydrogens (tertiary/aromatic N) is 2. The predicted molar refractivity (Wildman–Crippen MR) is 130 cm³/mol. The van der Waals surface area contributed by atoms with Crippen LogP contribution in [0.25, 0.3) is 0 Å². The van der Waals surface area contributed by atoms with Gasteiger partial charge in [0.25, 0.3) is 0 Å². The minimum Gasteiger partial charge on any atom is -0.372 e. The highest BCUT2D eigenvalue weighted by Gasteiger charge is 2.22. The van der Waals surface area contributed by atoms with Gasteiger partial charge in [-0.1, -0.05) is 12.1 Å². The van der Waals surface area contributed by atoms with Gasteiger partial charge in [0.1, 0.15) is 6.54 Å². The maximum Gasteiger partial charge on any atom is 0.241 e. The van der Waals surface area contributed by atoms with Crippen molar-refractivity contribution in [3.8, 4) is 0 Å². The molecule has 1 amide bonds. The van der Waals surface area contributed by atoms with Gasteiger partial charge in [-0.3, -0.25) is 9.10 Å². The fraction of sp³-hybridized carbons (Fsp3) is 0.409. The second-order valence-corrected chi connectivity index (χ2v) is 10.8. The molecular formula is C22H28IN3O3S.